The number of para-hydroxylation sites is 2. The molecule has 0 amide bonds. The Morgan fingerprint density at radius 1 is 0.709 bits per heavy atom. The smallest absolute Gasteiger partial charge is 0.133 e. The Hall–Kier alpha value is -5.54. The maximum absolute atomic E-state index is 7.15. The fourth-order valence-corrected chi connectivity index (χ4v) is 7.47. The van der Waals surface area contributed by atoms with Gasteiger partial charge in [0, 0.05) is 44.7 Å². The molecule has 286 valence electrons. The molecule has 0 fully saturated rings. The minimum atomic E-state index is 0.0271. The third-order valence-corrected chi connectivity index (χ3v) is 9.67. The summed E-state index contributed by atoms with van der Waals surface area (Å²) in [6, 6.07) is 36.9. The van der Waals surface area contributed by atoms with E-state index >= 15 is 0 Å². The molecule has 4 aromatic carbocycles. The molecule has 0 saturated heterocycles. The van der Waals surface area contributed by atoms with E-state index in [1.54, 1.807) is 0 Å². The molecule has 8 rings (SSSR count). The van der Waals surface area contributed by atoms with Crippen LogP contribution in [0.1, 0.15) is 98.9 Å². The Balaban J connectivity index is 0.000000792. The minimum Gasteiger partial charge on any atom is -0.488 e. The summed E-state index contributed by atoms with van der Waals surface area (Å²) in [5.74, 6) is 0.890. The Kier molecular flexibility index (Phi) is 16.0. The van der Waals surface area contributed by atoms with Crippen molar-refractivity contribution in [2.24, 2.45) is 0 Å². The molecule has 0 saturated carbocycles. The number of aromatic nitrogens is 1. The summed E-state index contributed by atoms with van der Waals surface area (Å²) in [6.07, 6.45) is 15.5. The van der Waals surface area contributed by atoms with Crippen molar-refractivity contribution in [3.63, 3.8) is 0 Å². The van der Waals surface area contributed by atoms with E-state index < -0.39 is 0 Å². The Bertz CT molecular complexity index is 2170. The van der Waals surface area contributed by atoms with Crippen LogP contribution in [0.2, 0.25) is 0 Å². The molecular weight excluding hydrogens is 669 g/mol. The molecule has 0 bridgehead atoms. The lowest BCUT2D eigenvalue weighted by molar-refractivity contribution is 0.209. The highest BCUT2D eigenvalue weighted by Gasteiger charge is 2.36. The van der Waals surface area contributed by atoms with Crippen molar-refractivity contribution in [3.8, 4) is 11.1 Å². The SMILES string of the molecule is C=C1/C=C\c2c(c3ccccc3n2C2=CCCC=C2)COC(=C2\c3cc(-c4ccccc4)ccc3N(c3ccccc3)C2C)/C1=C\C.CC.CC.CC.CC. The summed E-state index contributed by atoms with van der Waals surface area (Å²) in [6.45, 7) is 25.4. The molecule has 3 aliphatic rings. The maximum Gasteiger partial charge on any atom is 0.133 e. The second-order valence-corrected chi connectivity index (χ2v) is 12.4. The number of nitrogens with zero attached hydrogens (tertiary/aromatic N) is 2. The molecule has 3 heteroatoms. The molecule has 1 aliphatic carbocycles. The van der Waals surface area contributed by atoms with Crippen LogP contribution in [0.3, 0.4) is 0 Å². The van der Waals surface area contributed by atoms with Crippen LogP contribution in [0.4, 0.5) is 11.4 Å². The van der Waals surface area contributed by atoms with E-state index in [4.69, 9.17) is 4.74 Å². The van der Waals surface area contributed by atoms with Crippen molar-refractivity contribution in [2.75, 3.05) is 4.90 Å². The molecule has 1 atom stereocenters. The van der Waals surface area contributed by atoms with Crippen molar-refractivity contribution >= 4 is 39.6 Å². The van der Waals surface area contributed by atoms with Crippen LogP contribution in [0, 0.1) is 0 Å². The second kappa shape index (κ2) is 20.8. The summed E-state index contributed by atoms with van der Waals surface area (Å²) in [4.78, 5) is 2.44. The van der Waals surface area contributed by atoms with Crippen LogP contribution in [-0.4, -0.2) is 10.6 Å². The average Bonchev–Trinajstić information content (AvgIpc) is 3.76. The van der Waals surface area contributed by atoms with Gasteiger partial charge in [0.05, 0.1) is 17.3 Å². The van der Waals surface area contributed by atoms with E-state index in [1.165, 1.54) is 50.1 Å². The number of anilines is 2. The number of allylic oxidation sites excluding steroid dienone is 7. The highest BCUT2D eigenvalue weighted by molar-refractivity contribution is 5.97. The van der Waals surface area contributed by atoms with Gasteiger partial charge in [0.15, 0.2) is 0 Å². The van der Waals surface area contributed by atoms with Crippen LogP contribution >= 0.6 is 0 Å². The van der Waals surface area contributed by atoms with Gasteiger partial charge in [-0.1, -0.05) is 159 Å². The van der Waals surface area contributed by atoms with Crippen molar-refractivity contribution in [2.45, 2.75) is 94.7 Å². The van der Waals surface area contributed by atoms with Crippen molar-refractivity contribution < 1.29 is 4.74 Å². The summed E-state index contributed by atoms with van der Waals surface area (Å²) in [7, 11) is 0. The predicted molar refractivity (Wildman–Crippen MR) is 244 cm³/mol. The molecule has 3 nitrogen and oxygen atoms in total. The lowest BCUT2D eigenvalue weighted by Gasteiger charge is -2.26. The zero-order valence-corrected chi connectivity index (χ0v) is 35.0. The molecule has 0 spiro atoms. The van der Waals surface area contributed by atoms with E-state index in [-0.39, 0.29) is 6.04 Å². The molecule has 0 N–H and O–H groups in total. The van der Waals surface area contributed by atoms with Gasteiger partial charge in [0.25, 0.3) is 0 Å². The predicted octanol–water partition coefficient (Wildman–Crippen LogP) is 15.6. The monoisotopic (exact) mass is 730 g/mol. The van der Waals surface area contributed by atoms with Crippen LogP contribution in [0.5, 0.6) is 0 Å². The number of hydrogen-bond donors (Lipinski definition) is 0. The first-order valence-corrected chi connectivity index (χ1v) is 20.6. The Morgan fingerprint density at radius 2 is 1.36 bits per heavy atom. The van der Waals surface area contributed by atoms with Crippen LogP contribution in [-0.2, 0) is 11.3 Å². The van der Waals surface area contributed by atoms with Crippen LogP contribution < -0.4 is 4.90 Å². The molecule has 1 unspecified atom stereocenters. The highest BCUT2D eigenvalue weighted by Crippen LogP contribution is 2.49. The largest absolute Gasteiger partial charge is 0.488 e. The van der Waals surface area contributed by atoms with E-state index in [0.717, 1.165) is 41.1 Å². The van der Waals surface area contributed by atoms with E-state index in [1.807, 2.05) is 55.4 Å². The molecule has 0 radical (unpaired) electrons. The third-order valence-electron chi connectivity index (χ3n) is 9.67. The zero-order chi connectivity index (χ0) is 39.9. The standard InChI is InChI=1S/C44H38N2O.4C2H6/c1-4-36-30(2)24-26-42-39(37-22-14-15-23-40(37)46(42)35-20-12-7-13-21-35)29-47-44(36)43-31(3)45(34-18-10-6-11-19-34)41-27-25-33(28-38(41)43)32-16-8-5-9-17-32;4*1-2/h4-6,8-12,14-28,31H,2,7,13,29H2,1,3H3;4*1-2H3/b26-24-,36-4-,44-43-;;;;. The van der Waals surface area contributed by atoms with Gasteiger partial charge < -0.3 is 14.2 Å². The lowest BCUT2D eigenvalue weighted by Crippen LogP contribution is -2.24. The first-order valence-electron chi connectivity index (χ1n) is 20.6. The van der Waals surface area contributed by atoms with Crippen molar-refractivity contribution in [3.05, 3.63) is 174 Å². The summed E-state index contributed by atoms with van der Waals surface area (Å²) >= 11 is 0. The lowest BCUT2D eigenvalue weighted by atomic mass is 9.93. The summed E-state index contributed by atoms with van der Waals surface area (Å²) in [5.41, 5.74) is 13.8. The van der Waals surface area contributed by atoms with Crippen LogP contribution in [0.15, 0.2) is 157 Å². The number of fused-ring (bicyclic) bond motifs is 4. The minimum absolute atomic E-state index is 0.0271. The molecular formula is C52H62N2O. The first-order chi connectivity index (χ1) is 27.1. The number of hydrogen-bond acceptors (Lipinski definition) is 2. The number of ether oxygens (including phenoxy) is 1. The van der Waals surface area contributed by atoms with Gasteiger partial charge in [0.1, 0.15) is 12.4 Å². The first kappa shape index (κ1) is 42.2. The molecule has 2 aliphatic heterocycles. The van der Waals surface area contributed by atoms with Crippen molar-refractivity contribution in [1.82, 2.24) is 4.57 Å². The molecule has 3 heterocycles. The Morgan fingerprint density at radius 3 is 2.02 bits per heavy atom. The van der Waals surface area contributed by atoms with Crippen LogP contribution in [0.25, 0.3) is 39.4 Å². The topological polar surface area (TPSA) is 17.4 Å². The summed E-state index contributed by atoms with van der Waals surface area (Å²) < 4.78 is 9.53. The van der Waals surface area contributed by atoms with Gasteiger partial charge in [-0.25, -0.2) is 0 Å². The number of benzene rings is 4. The van der Waals surface area contributed by atoms with Gasteiger partial charge >= 0.3 is 0 Å². The van der Waals surface area contributed by atoms with Gasteiger partial charge in [-0.15, -0.1) is 0 Å². The maximum atomic E-state index is 7.15. The zero-order valence-electron chi connectivity index (χ0n) is 35.0. The quantitative estimate of drug-likeness (QED) is 0.184. The van der Waals surface area contributed by atoms with Gasteiger partial charge in [-0.2, -0.15) is 0 Å². The fraction of sp³-hybridized carbons (Fsp3) is 0.269. The van der Waals surface area contributed by atoms with Gasteiger partial charge in [-0.05, 0) is 85.9 Å². The summed E-state index contributed by atoms with van der Waals surface area (Å²) in [5, 5.41) is 1.21. The second-order valence-electron chi connectivity index (χ2n) is 12.4. The van der Waals surface area contributed by atoms with E-state index in [2.05, 4.69) is 169 Å². The fourth-order valence-electron chi connectivity index (χ4n) is 7.47. The molecule has 5 aromatic rings. The average molecular weight is 731 g/mol. The van der Waals surface area contributed by atoms with E-state index in [0.29, 0.717) is 6.61 Å². The van der Waals surface area contributed by atoms with Gasteiger partial charge in [-0.3, -0.25) is 0 Å². The van der Waals surface area contributed by atoms with E-state index in [9.17, 15) is 0 Å². The van der Waals surface area contributed by atoms with Gasteiger partial charge in [0.2, 0.25) is 0 Å². The van der Waals surface area contributed by atoms with Crippen molar-refractivity contribution in [1.29, 1.82) is 0 Å². The number of rotatable bonds is 3. The molecule has 1 aromatic heterocycles. The highest BCUT2D eigenvalue weighted by atomic mass is 16.5. The normalized spacial score (nSPS) is 18.1. The third kappa shape index (κ3) is 8.57. The molecule has 55 heavy (non-hydrogen) atoms. The Labute approximate surface area is 332 Å².